The number of aryl methyl sites for hydroxylation is 1. The molecule has 0 fully saturated rings. The molecule has 1 aromatic carbocycles. The first kappa shape index (κ1) is 9.46. The average molecular weight is 227 g/mol. The summed E-state index contributed by atoms with van der Waals surface area (Å²) >= 11 is 3.27. The summed E-state index contributed by atoms with van der Waals surface area (Å²) in [5.74, 6) is 0. The summed E-state index contributed by atoms with van der Waals surface area (Å²) in [5.41, 5.74) is 1.28. The van der Waals surface area contributed by atoms with Crippen LogP contribution in [0.25, 0.3) is 0 Å². The summed E-state index contributed by atoms with van der Waals surface area (Å²) in [6.07, 6.45) is 2.76. The van der Waals surface area contributed by atoms with Crippen LogP contribution >= 0.6 is 15.9 Å². The van der Waals surface area contributed by atoms with E-state index in [0.29, 0.717) is 0 Å². The molecule has 64 valence electrons. The topological polar surface area (TPSA) is 17.1 Å². The summed E-state index contributed by atoms with van der Waals surface area (Å²) in [5, 5.41) is 0. The van der Waals surface area contributed by atoms with Crippen LogP contribution in [0.2, 0.25) is 0 Å². The first-order chi connectivity index (χ1) is 5.83. The number of carbonyl (C=O) groups is 1. The smallest absolute Gasteiger partial charge is 0.133 e. The minimum absolute atomic E-state index is 0.00212. The highest BCUT2D eigenvalue weighted by molar-refractivity contribution is 9.09. The van der Waals surface area contributed by atoms with Crippen molar-refractivity contribution in [2.24, 2.45) is 0 Å². The van der Waals surface area contributed by atoms with Crippen molar-refractivity contribution in [3.63, 3.8) is 0 Å². The second-order valence-corrected chi connectivity index (χ2v) is 3.85. The fourth-order valence-corrected chi connectivity index (χ4v) is 1.25. The molecule has 0 radical (unpaired) electrons. The molecule has 0 aromatic heterocycles. The second kappa shape index (κ2) is 5.09. The Morgan fingerprint density at radius 2 is 2.00 bits per heavy atom. The number of hydrogen-bond acceptors (Lipinski definition) is 1. The van der Waals surface area contributed by atoms with Gasteiger partial charge in [-0.3, -0.25) is 0 Å². The van der Waals surface area contributed by atoms with Crippen molar-refractivity contribution in [2.45, 2.75) is 17.7 Å². The summed E-state index contributed by atoms with van der Waals surface area (Å²) in [6.45, 7) is 0. The molecule has 1 rings (SSSR count). The highest BCUT2D eigenvalue weighted by atomic mass is 79.9. The Kier molecular flexibility index (Phi) is 4.01. The fourth-order valence-electron chi connectivity index (χ4n) is 1.02. The lowest BCUT2D eigenvalue weighted by molar-refractivity contribution is -0.107. The molecule has 0 aliphatic rings. The van der Waals surface area contributed by atoms with Crippen LogP contribution in [-0.2, 0) is 11.2 Å². The number of aldehydes is 1. The van der Waals surface area contributed by atoms with Crippen molar-refractivity contribution in [2.75, 3.05) is 0 Å². The molecule has 0 saturated carbocycles. The normalized spacial score (nSPS) is 12.4. The van der Waals surface area contributed by atoms with E-state index in [1.54, 1.807) is 0 Å². The van der Waals surface area contributed by atoms with Gasteiger partial charge in [0, 0.05) is 0 Å². The zero-order chi connectivity index (χ0) is 8.81. The molecule has 0 bridgehead atoms. The number of carbonyl (C=O) groups excluding carboxylic acids is 1. The van der Waals surface area contributed by atoms with E-state index in [-0.39, 0.29) is 4.83 Å². The van der Waals surface area contributed by atoms with Gasteiger partial charge in [0.1, 0.15) is 6.29 Å². The van der Waals surface area contributed by atoms with Crippen molar-refractivity contribution in [1.82, 2.24) is 0 Å². The Morgan fingerprint density at radius 3 is 2.58 bits per heavy atom. The van der Waals surface area contributed by atoms with Crippen LogP contribution in [-0.4, -0.2) is 11.1 Å². The number of rotatable bonds is 4. The molecule has 1 unspecified atom stereocenters. The van der Waals surface area contributed by atoms with Crippen molar-refractivity contribution in [3.8, 4) is 0 Å². The Balaban J connectivity index is 2.38. The van der Waals surface area contributed by atoms with E-state index in [4.69, 9.17) is 0 Å². The van der Waals surface area contributed by atoms with Crippen LogP contribution in [0.15, 0.2) is 30.3 Å². The van der Waals surface area contributed by atoms with Crippen LogP contribution in [0, 0.1) is 0 Å². The van der Waals surface area contributed by atoms with Gasteiger partial charge in [0.25, 0.3) is 0 Å². The third-order valence-corrected chi connectivity index (χ3v) is 2.37. The maximum Gasteiger partial charge on any atom is 0.133 e. The number of benzene rings is 1. The highest BCUT2D eigenvalue weighted by Gasteiger charge is 2.00. The van der Waals surface area contributed by atoms with Crippen LogP contribution in [0.4, 0.5) is 0 Å². The first-order valence-corrected chi connectivity index (χ1v) is 4.88. The van der Waals surface area contributed by atoms with Crippen molar-refractivity contribution < 1.29 is 4.79 Å². The standard InChI is InChI=1S/C10H11BrO/c11-10(8-12)7-6-9-4-2-1-3-5-9/h1-5,8,10H,6-7H2. The summed E-state index contributed by atoms with van der Waals surface area (Å²) < 4.78 is 0. The zero-order valence-electron chi connectivity index (χ0n) is 6.74. The Hall–Kier alpha value is -0.630. The lowest BCUT2D eigenvalue weighted by Crippen LogP contribution is -2.00. The van der Waals surface area contributed by atoms with Gasteiger partial charge in [-0.15, -0.1) is 0 Å². The maximum atomic E-state index is 10.3. The van der Waals surface area contributed by atoms with Gasteiger partial charge in [-0.05, 0) is 18.4 Å². The Bertz CT molecular complexity index is 233. The number of alkyl halides is 1. The molecule has 1 nitrogen and oxygen atoms in total. The average Bonchev–Trinajstić information content (AvgIpc) is 2.16. The lowest BCUT2D eigenvalue weighted by atomic mass is 10.1. The van der Waals surface area contributed by atoms with Gasteiger partial charge in [-0.25, -0.2) is 0 Å². The van der Waals surface area contributed by atoms with Gasteiger partial charge < -0.3 is 4.79 Å². The summed E-state index contributed by atoms with van der Waals surface area (Å²) in [4.78, 5) is 10.3. The van der Waals surface area contributed by atoms with E-state index >= 15 is 0 Å². The second-order valence-electron chi connectivity index (χ2n) is 2.68. The summed E-state index contributed by atoms with van der Waals surface area (Å²) in [7, 11) is 0. The number of halogens is 1. The maximum absolute atomic E-state index is 10.3. The van der Waals surface area contributed by atoms with Crippen LogP contribution in [0.5, 0.6) is 0 Å². The van der Waals surface area contributed by atoms with Crippen LogP contribution in [0.1, 0.15) is 12.0 Å². The molecule has 0 N–H and O–H groups in total. The Labute approximate surface area is 80.9 Å². The Morgan fingerprint density at radius 1 is 1.33 bits per heavy atom. The van der Waals surface area contributed by atoms with E-state index in [1.165, 1.54) is 5.56 Å². The van der Waals surface area contributed by atoms with E-state index in [9.17, 15) is 4.79 Å². The van der Waals surface area contributed by atoms with Crippen molar-refractivity contribution >= 4 is 22.2 Å². The first-order valence-electron chi connectivity index (χ1n) is 3.96. The van der Waals surface area contributed by atoms with Gasteiger partial charge in [0.05, 0.1) is 4.83 Å². The van der Waals surface area contributed by atoms with E-state index < -0.39 is 0 Å². The SMILES string of the molecule is O=CC(Br)CCc1ccccc1. The molecule has 12 heavy (non-hydrogen) atoms. The molecular formula is C10H11BrO. The predicted molar refractivity (Wildman–Crippen MR) is 53.5 cm³/mol. The van der Waals surface area contributed by atoms with Gasteiger partial charge in [-0.1, -0.05) is 46.3 Å². The van der Waals surface area contributed by atoms with E-state index in [1.807, 2.05) is 18.2 Å². The monoisotopic (exact) mass is 226 g/mol. The molecule has 1 aromatic rings. The minimum atomic E-state index is -0.00212. The molecular weight excluding hydrogens is 216 g/mol. The molecule has 0 amide bonds. The van der Waals surface area contributed by atoms with E-state index in [0.717, 1.165) is 19.1 Å². The molecule has 0 aliphatic carbocycles. The largest absolute Gasteiger partial charge is 0.302 e. The van der Waals surface area contributed by atoms with Crippen molar-refractivity contribution in [3.05, 3.63) is 35.9 Å². The van der Waals surface area contributed by atoms with Crippen molar-refractivity contribution in [1.29, 1.82) is 0 Å². The molecule has 1 atom stereocenters. The van der Waals surface area contributed by atoms with E-state index in [2.05, 4.69) is 28.1 Å². The van der Waals surface area contributed by atoms with Gasteiger partial charge >= 0.3 is 0 Å². The van der Waals surface area contributed by atoms with Crippen LogP contribution in [0.3, 0.4) is 0 Å². The van der Waals surface area contributed by atoms with Crippen LogP contribution < -0.4 is 0 Å². The molecule has 0 heterocycles. The third kappa shape index (κ3) is 3.18. The third-order valence-electron chi connectivity index (χ3n) is 1.70. The number of hydrogen-bond donors (Lipinski definition) is 0. The highest BCUT2D eigenvalue weighted by Crippen LogP contribution is 2.08. The molecule has 2 heteroatoms. The molecule has 0 spiro atoms. The van der Waals surface area contributed by atoms with Gasteiger partial charge in [0.15, 0.2) is 0 Å². The fraction of sp³-hybridized carbons (Fsp3) is 0.300. The quantitative estimate of drug-likeness (QED) is 0.570. The predicted octanol–water partition coefficient (Wildman–Crippen LogP) is 2.58. The lowest BCUT2D eigenvalue weighted by Gasteiger charge is -2.01. The molecule has 0 saturated heterocycles. The molecule has 0 aliphatic heterocycles. The zero-order valence-corrected chi connectivity index (χ0v) is 8.33. The van der Waals surface area contributed by atoms with Gasteiger partial charge in [-0.2, -0.15) is 0 Å². The summed E-state index contributed by atoms with van der Waals surface area (Å²) in [6, 6.07) is 10.2. The van der Waals surface area contributed by atoms with Gasteiger partial charge in [0.2, 0.25) is 0 Å². The minimum Gasteiger partial charge on any atom is -0.302 e.